The molecule has 0 heterocycles. The molecule has 1 rings (SSSR count). The molecule has 0 unspecified atom stereocenters. The first-order chi connectivity index (χ1) is 8.45. The summed E-state index contributed by atoms with van der Waals surface area (Å²) < 4.78 is 17.7. The van der Waals surface area contributed by atoms with E-state index < -0.39 is 10.8 Å². The fourth-order valence-corrected chi connectivity index (χ4v) is 2.54. The Balaban J connectivity index is 2.80. The molecule has 0 aliphatic carbocycles. The van der Waals surface area contributed by atoms with Gasteiger partial charge in [-0.05, 0) is 26.3 Å². The van der Waals surface area contributed by atoms with Crippen LogP contribution in [0.15, 0.2) is 43.0 Å². The predicted molar refractivity (Wildman–Crippen MR) is 78.1 cm³/mol. The average Bonchev–Trinajstić information content (AvgIpc) is 2.34. The third-order valence-electron chi connectivity index (χ3n) is 2.57. The van der Waals surface area contributed by atoms with Crippen molar-refractivity contribution in [3.63, 3.8) is 0 Å². The molecule has 0 aromatic heterocycles. The van der Waals surface area contributed by atoms with E-state index in [1.807, 2.05) is 51.1 Å². The number of rotatable bonds is 6. The van der Waals surface area contributed by atoms with Gasteiger partial charge in [-0.25, -0.2) is 0 Å². The number of hydrogen-bond acceptors (Lipinski definition) is 2. The first kappa shape index (κ1) is 15.1. The van der Waals surface area contributed by atoms with E-state index in [-0.39, 0.29) is 10.9 Å². The quantitative estimate of drug-likeness (QED) is 0.737. The monoisotopic (exact) mass is 266 g/mol. The Labute approximate surface area is 113 Å². The van der Waals surface area contributed by atoms with Gasteiger partial charge in [-0.15, -0.1) is 6.58 Å². The number of ether oxygens (including phenoxy) is 1. The minimum Gasteiger partial charge on any atom is -0.369 e. The van der Waals surface area contributed by atoms with E-state index in [0.717, 1.165) is 5.56 Å². The third-order valence-corrected chi connectivity index (χ3v) is 4.54. The first-order valence-electron chi connectivity index (χ1n) is 6.11. The van der Waals surface area contributed by atoms with Gasteiger partial charge in [0.05, 0.1) is 18.5 Å². The zero-order valence-electron chi connectivity index (χ0n) is 11.4. The van der Waals surface area contributed by atoms with E-state index in [1.54, 1.807) is 6.08 Å². The van der Waals surface area contributed by atoms with Crippen molar-refractivity contribution in [1.82, 2.24) is 0 Å². The summed E-state index contributed by atoms with van der Waals surface area (Å²) in [5, 5.41) is 0. The summed E-state index contributed by atoms with van der Waals surface area (Å²) in [5.41, 5.74) is 1.07. The van der Waals surface area contributed by atoms with Crippen LogP contribution in [0.1, 0.15) is 32.4 Å². The maximum absolute atomic E-state index is 12.2. The molecule has 18 heavy (non-hydrogen) atoms. The highest BCUT2D eigenvalue weighted by Crippen LogP contribution is 2.22. The van der Waals surface area contributed by atoms with Gasteiger partial charge in [0.25, 0.3) is 0 Å². The topological polar surface area (TPSA) is 26.3 Å². The number of hydrogen-bond donors (Lipinski definition) is 0. The van der Waals surface area contributed by atoms with Crippen molar-refractivity contribution >= 4 is 10.8 Å². The lowest BCUT2D eigenvalue weighted by Crippen LogP contribution is -2.27. The minimum absolute atomic E-state index is 0.135. The highest BCUT2D eigenvalue weighted by molar-refractivity contribution is 7.86. The van der Waals surface area contributed by atoms with Gasteiger partial charge >= 0.3 is 0 Å². The first-order valence-corrected chi connectivity index (χ1v) is 7.43. The second-order valence-corrected chi connectivity index (χ2v) is 7.40. The molecule has 0 radical (unpaired) electrons. The van der Waals surface area contributed by atoms with Crippen LogP contribution < -0.4 is 0 Å². The molecule has 1 aromatic carbocycles. The Kier molecular flexibility index (Phi) is 5.76. The zero-order valence-corrected chi connectivity index (χ0v) is 12.2. The second-order valence-electron chi connectivity index (χ2n) is 5.15. The summed E-state index contributed by atoms with van der Waals surface area (Å²) in [6.07, 6.45) is 1.58. The molecule has 0 aliphatic heterocycles. The smallest absolute Gasteiger partial charge is 0.0944 e. The molecule has 2 atom stereocenters. The van der Waals surface area contributed by atoms with Crippen molar-refractivity contribution in [3.8, 4) is 0 Å². The highest BCUT2D eigenvalue weighted by atomic mass is 32.2. The third kappa shape index (κ3) is 4.75. The van der Waals surface area contributed by atoms with Crippen LogP contribution in [0, 0.1) is 0 Å². The summed E-state index contributed by atoms with van der Waals surface area (Å²) in [6.45, 7) is 10.1. The second kappa shape index (κ2) is 6.86. The lowest BCUT2D eigenvalue weighted by atomic mass is 10.1. The molecule has 2 nitrogen and oxygen atoms in total. The minimum atomic E-state index is -0.931. The van der Waals surface area contributed by atoms with E-state index in [2.05, 4.69) is 6.58 Å². The molecule has 0 aliphatic rings. The Morgan fingerprint density at radius 1 is 1.33 bits per heavy atom. The van der Waals surface area contributed by atoms with Gasteiger partial charge in [0.1, 0.15) is 0 Å². The van der Waals surface area contributed by atoms with Crippen molar-refractivity contribution in [3.05, 3.63) is 48.6 Å². The maximum atomic E-state index is 12.2. The van der Waals surface area contributed by atoms with Crippen LogP contribution in [0.3, 0.4) is 0 Å². The molecule has 0 saturated carbocycles. The van der Waals surface area contributed by atoms with Crippen LogP contribution in [0.4, 0.5) is 0 Å². The number of benzene rings is 1. The van der Waals surface area contributed by atoms with Gasteiger partial charge in [-0.1, -0.05) is 36.4 Å². The van der Waals surface area contributed by atoms with Gasteiger partial charge in [0.15, 0.2) is 0 Å². The van der Waals surface area contributed by atoms with Gasteiger partial charge in [-0.3, -0.25) is 4.21 Å². The zero-order chi connectivity index (χ0) is 13.6. The van der Waals surface area contributed by atoms with Crippen molar-refractivity contribution in [2.45, 2.75) is 31.6 Å². The predicted octanol–water partition coefficient (Wildman–Crippen LogP) is 3.48. The maximum Gasteiger partial charge on any atom is 0.0944 e. The van der Waals surface area contributed by atoms with Crippen LogP contribution in [-0.4, -0.2) is 21.3 Å². The molecule has 0 bridgehead atoms. The van der Waals surface area contributed by atoms with Crippen LogP contribution in [0.5, 0.6) is 0 Å². The Morgan fingerprint density at radius 3 is 2.44 bits per heavy atom. The molecular weight excluding hydrogens is 244 g/mol. The molecule has 100 valence electrons. The Hall–Kier alpha value is -0.930. The highest BCUT2D eigenvalue weighted by Gasteiger charge is 2.24. The van der Waals surface area contributed by atoms with Gasteiger partial charge in [0, 0.05) is 15.5 Å². The Morgan fingerprint density at radius 2 is 1.94 bits per heavy atom. The van der Waals surface area contributed by atoms with Crippen LogP contribution in [-0.2, 0) is 15.5 Å². The molecule has 0 spiro atoms. The van der Waals surface area contributed by atoms with E-state index in [4.69, 9.17) is 4.74 Å². The van der Waals surface area contributed by atoms with Gasteiger partial charge in [0.2, 0.25) is 0 Å². The van der Waals surface area contributed by atoms with E-state index in [9.17, 15) is 4.21 Å². The van der Waals surface area contributed by atoms with Crippen molar-refractivity contribution in [2.24, 2.45) is 0 Å². The van der Waals surface area contributed by atoms with E-state index in [1.165, 1.54) is 0 Å². The molecule has 0 fully saturated rings. The molecule has 0 saturated heterocycles. The largest absolute Gasteiger partial charge is 0.369 e. The van der Waals surface area contributed by atoms with E-state index >= 15 is 0 Å². The summed E-state index contributed by atoms with van der Waals surface area (Å²) in [5.74, 6) is 0.515. The van der Waals surface area contributed by atoms with Crippen molar-refractivity contribution in [1.29, 1.82) is 0 Å². The summed E-state index contributed by atoms with van der Waals surface area (Å²) >= 11 is 0. The molecule has 0 amide bonds. The fraction of sp³-hybridized carbons (Fsp3) is 0.467. The van der Waals surface area contributed by atoms with Crippen molar-refractivity contribution < 1.29 is 8.95 Å². The molecule has 1 aromatic rings. The van der Waals surface area contributed by atoms with Crippen LogP contribution in [0.2, 0.25) is 0 Å². The summed E-state index contributed by atoms with van der Waals surface area (Å²) in [6, 6.07) is 9.93. The summed E-state index contributed by atoms with van der Waals surface area (Å²) in [7, 11) is -0.931. The lowest BCUT2D eigenvalue weighted by Gasteiger charge is -2.23. The van der Waals surface area contributed by atoms with Crippen LogP contribution >= 0.6 is 0 Å². The Bertz CT molecular complexity index is 393. The fourth-order valence-electron chi connectivity index (χ4n) is 1.48. The average molecular weight is 266 g/mol. The van der Waals surface area contributed by atoms with E-state index in [0.29, 0.717) is 12.4 Å². The molecule has 0 N–H and O–H groups in total. The standard InChI is InChI=1S/C15H22O2S/c1-5-11-17-14(12-18(16)15(2,3)4)13-9-7-6-8-10-13/h5-10,14H,1,11-12H2,2-4H3/t14-,18-/m0/s1. The van der Waals surface area contributed by atoms with Gasteiger partial charge in [-0.2, -0.15) is 0 Å². The molecular formula is C15H22O2S. The van der Waals surface area contributed by atoms with Gasteiger partial charge < -0.3 is 4.74 Å². The summed E-state index contributed by atoms with van der Waals surface area (Å²) in [4.78, 5) is 0. The molecule has 3 heteroatoms. The lowest BCUT2D eigenvalue weighted by molar-refractivity contribution is 0.0914. The van der Waals surface area contributed by atoms with Crippen molar-refractivity contribution in [2.75, 3.05) is 12.4 Å². The van der Waals surface area contributed by atoms with Crippen LogP contribution in [0.25, 0.3) is 0 Å². The SMILES string of the molecule is C=CCO[C@@H](C[S@](=O)C(C)(C)C)c1ccccc1. The normalized spacial score (nSPS) is 15.1.